The minimum absolute atomic E-state index is 0.0690. The molecule has 1 amide bonds. The number of fused-ring (bicyclic) bond motifs is 1. The molecule has 5 heterocycles. The van der Waals surface area contributed by atoms with Crippen LogP contribution in [-0.4, -0.2) is 73.9 Å². The third-order valence-corrected chi connectivity index (χ3v) is 8.64. The van der Waals surface area contributed by atoms with Crippen LogP contribution >= 0.6 is 11.8 Å². The second-order valence-corrected chi connectivity index (χ2v) is 13.8. The molecular formula is C33H35F4N7O3S. The predicted molar refractivity (Wildman–Crippen MR) is 172 cm³/mol. The number of aryl methyl sites for hydroxylation is 1. The highest BCUT2D eigenvalue weighted by molar-refractivity contribution is 7.99. The Kier molecular flexibility index (Phi) is 9.57. The lowest BCUT2D eigenvalue weighted by Crippen LogP contribution is -2.56. The van der Waals surface area contributed by atoms with Crippen molar-refractivity contribution in [3.63, 3.8) is 0 Å². The highest BCUT2D eigenvalue weighted by Gasteiger charge is 2.39. The molecule has 0 bridgehead atoms. The Labute approximate surface area is 279 Å². The molecule has 1 saturated heterocycles. The molecule has 0 radical (unpaired) electrons. The molecule has 3 aromatic rings. The van der Waals surface area contributed by atoms with Crippen LogP contribution in [0.4, 0.5) is 33.9 Å². The molecule has 1 atom stereocenters. The van der Waals surface area contributed by atoms with Gasteiger partial charge in [0.1, 0.15) is 16.5 Å². The van der Waals surface area contributed by atoms with E-state index in [0.717, 1.165) is 12.3 Å². The summed E-state index contributed by atoms with van der Waals surface area (Å²) in [6.07, 6.45) is -2.62. The topological polar surface area (TPSA) is 104 Å². The number of carbonyl (C=O) groups excluding carboxylic acids is 2. The number of amides is 1. The van der Waals surface area contributed by atoms with Crippen LogP contribution in [0, 0.1) is 12.7 Å². The highest BCUT2D eigenvalue weighted by Crippen LogP contribution is 2.44. The minimum atomic E-state index is -4.79. The van der Waals surface area contributed by atoms with Gasteiger partial charge >= 0.3 is 12.3 Å². The number of aliphatic imine (C=N–C) groups is 1. The van der Waals surface area contributed by atoms with Gasteiger partial charge in [0.15, 0.2) is 23.3 Å². The zero-order chi connectivity index (χ0) is 35.1. The van der Waals surface area contributed by atoms with E-state index in [1.54, 1.807) is 37.9 Å². The van der Waals surface area contributed by atoms with Crippen molar-refractivity contribution in [3.05, 3.63) is 70.8 Å². The Hall–Kier alpha value is -4.49. The largest absolute Gasteiger partial charge is 0.444 e. The number of hydrogen-bond acceptors (Lipinski definition) is 10. The third-order valence-electron chi connectivity index (χ3n) is 7.61. The van der Waals surface area contributed by atoms with Crippen LogP contribution in [0.2, 0.25) is 0 Å². The number of carbonyl (C=O) groups is 1. The smallest absolute Gasteiger partial charge is 0.434 e. The lowest BCUT2D eigenvalue weighted by molar-refractivity contribution is -0.143. The predicted octanol–water partition coefficient (Wildman–Crippen LogP) is 7.13. The van der Waals surface area contributed by atoms with Crippen molar-refractivity contribution in [2.45, 2.75) is 82.1 Å². The summed E-state index contributed by atoms with van der Waals surface area (Å²) >= 11 is 0.476. The summed E-state index contributed by atoms with van der Waals surface area (Å²) in [5, 5.41) is -0.362. The number of nitrogens with zero attached hydrogens (tertiary/aromatic N) is 7. The fraction of sp³-hybridized carbons (Fsp3) is 0.424. The van der Waals surface area contributed by atoms with Crippen LogP contribution in [0.1, 0.15) is 70.0 Å². The van der Waals surface area contributed by atoms with E-state index in [-0.39, 0.29) is 64.6 Å². The summed E-state index contributed by atoms with van der Waals surface area (Å²) in [6.45, 7) is 13.6. The Morgan fingerprint density at radius 2 is 1.85 bits per heavy atom. The molecule has 0 aliphatic carbocycles. The Bertz CT molecular complexity index is 1820. The van der Waals surface area contributed by atoms with Crippen LogP contribution < -0.4 is 4.90 Å². The molecule has 254 valence electrons. The van der Waals surface area contributed by atoms with Crippen molar-refractivity contribution in [2.24, 2.45) is 4.99 Å². The lowest BCUT2D eigenvalue weighted by Gasteiger charge is -2.43. The van der Waals surface area contributed by atoms with Crippen LogP contribution in [0.25, 0.3) is 0 Å². The van der Waals surface area contributed by atoms with Gasteiger partial charge in [-0.25, -0.2) is 24.0 Å². The van der Waals surface area contributed by atoms with Gasteiger partial charge < -0.3 is 14.5 Å². The molecule has 0 saturated carbocycles. The standard InChI is InChI=1S/C33H35F4N7O3S/c1-18(2)25-26(19(3)10-12-38-25)44-24(17-45)40-28(43-14-13-42(16-20(43)4)31(46)47-32(5,6)7)21-15-22(34)30(41-29(21)44)48-23-9-8-11-39-27(23)33(35,36)37/h8-12,15,18,20H,13-14,16H2,1-7H3/t20-/m0/s1. The first-order valence-electron chi connectivity index (χ1n) is 15.2. The molecule has 2 aliphatic heterocycles. The first-order chi connectivity index (χ1) is 22.5. The average Bonchev–Trinajstić information content (AvgIpc) is 3.00. The van der Waals surface area contributed by atoms with Crippen LogP contribution in [0.3, 0.4) is 0 Å². The normalized spacial score (nSPS) is 16.9. The summed E-state index contributed by atoms with van der Waals surface area (Å²) in [4.78, 5) is 47.3. The summed E-state index contributed by atoms with van der Waals surface area (Å²) in [5.74, 6) is 0.976. The van der Waals surface area contributed by atoms with E-state index in [0.29, 0.717) is 28.7 Å². The van der Waals surface area contributed by atoms with Gasteiger partial charge in [-0.05, 0) is 70.4 Å². The van der Waals surface area contributed by atoms with E-state index in [9.17, 15) is 22.8 Å². The molecule has 0 N–H and O–H groups in total. The number of ether oxygens (including phenoxy) is 1. The number of anilines is 2. The number of alkyl halides is 3. The zero-order valence-corrected chi connectivity index (χ0v) is 28.3. The summed E-state index contributed by atoms with van der Waals surface area (Å²) in [7, 11) is 0. The molecular weight excluding hydrogens is 650 g/mol. The maximum Gasteiger partial charge on any atom is 0.434 e. The number of hydrogen-bond donors (Lipinski definition) is 0. The van der Waals surface area contributed by atoms with E-state index >= 15 is 4.39 Å². The summed E-state index contributed by atoms with van der Waals surface area (Å²) in [5.41, 5.74) is 0.115. The second-order valence-electron chi connectivity index (χ2n) is 12.8. The third kappa shape index (κ3) is 7.02. The second kappa shape index (κ2) is 13.2. The summed E-state index contributed by atoms with van der Waals surface area (Å²) in [6, 6.07) is 5.06. The van der Waals surface area contributed by atoms with E-state index in [4.69, 9.17) is 4.74 Å². The molecule has 48 heavy (non-hydrogen) atoms. The van der Waals surface area contributed by atoms with Crippen molar-refractivity contribution in [1.29, 1.82) is 0 Å². The molecule has 2 aliphatic rings. The number of piperazine rings is 1. The van der Waals surface area contributed by atoms with Gasteiger partial charge in [0.2, 0.25) is 5.82 Å². The molecule has 0 spiro atoms. The molecule has 15 heteroatoms. The van der Waals surface area contributed by atoms with Gasteiger partial charge in [0.05, 0.1) is 16.9 Å². The van der Waals surface area contributed by atoms with Gasteiger partial charge in [-0.15, -0.1) is 0 Å². The van der Waals surface area contributed by atoms with Crippen LogP contribution in [0.15, 0.2) is 57.4 Å². The number of pyridine rings is 3. The number of aromatic nitrogens is 3. The lowest BCUT2D eigenvalue weighted by atomic mass is 10.0. The van der Waals surface area contributed by atoms with Crippen LogP contribution in [-0.2, 0) is 15.7 Å². The minimum Gasteiger partial charge on any atom is -0.444 e. The van der Waals surface area contributed by atoms with E-state index < -0.39 is 29.4 Å². The van der Waals surface area contributed by atoms with Gasteiger partial charge in [-0.3, -0.25) is 14.9 Å². The maximum absolute atomic E-state index is 16.0. The zero-order valence-electron chi connectivity index (χ0n) is 27.5. The fourth-order valence-corrected chi connectivity index (χ4v) is 6.43. The van der Waals surface area contributed by atoms with Gasteiger partial charge in [-0.2, -0.15) is 13.2 Å². The first-order valence-corrected chi connectivity index (χ1v) is 16.1. The van der Waals surface area contributed by atoms with Crippen molar-refractivity contribution in [1.82, 2.24) is 24.8 Å². The molecule has 0 unspecified atom stereocenters. The number of amidine groups is 1. The molecule has 10 nitrogen and oxygen atoms in total. The Balaban J connectivity index is 1.65. The van der Waals surface area contributed by atoms with Crippen molar-refractivity contribution < 1.29 is 31.9 Å². The van der Waals surface area contributed by atoms with Crippen molar-refractivity contribution >= 4 is 41.1 Å². The van der Waals surface area contributed by atoms with Gasteiger partial charge in [0.25, 0.3) is 0 Å². The van der Waals surface area contributed by atoms with E-state index in [2.05, 4.69) is 19.9 Å². The summed E-state index contributed by atoms with van der Waals surface area (Å²) < 4.78 is 63.0. The number of rotatable bonds is 4. The van der Waals surface area contributed by atoms with Gasteiger partial charge in [0, 0.05) is 43.0 Å². The first kappa shape index (κ1) is 34.8. The SMILES string of the molecule is Cc1ccnc(C(C)C)c1N1C(=C=O)N=C(N2CCN(C(=O)OC(C)(C)C)C[C@@H]2C)c2cc(F)c(Sc3cccnc3C(F)(F)F)nc21. The Morgan fingerprint density at radius 3 is 2.48 bits per heavy atom. The quantitative estimate of drug-likeness (QED) is 0.210. The maximum atomic E-state index is 16.0. The van der Waals surface area contributed by atoms with Crippen molar-refractivity contribution in [2.75, 3.05) is 24.5 Å². The monoisotopic (exact) mass is 685 g/mol. The highest BCUT2D eigenvalue weighted by atomic mass is 32.2. The van der Waals surface area contributed by atoms with E-state index in [1.807, 2.05) is 38.5 Å². The molecule has 3 aromatic heterocycles. The number of halogens is 4. The fourth-order valence-electron chi connectivity index (χ4n) is 5.52. The van der Waals surface area contributed by atoms with Gasteiger partial charge in [-0.1, -0.05) is 25.6 Å². The Morgan fingerprint density at radius 1 is 1.12 bits per heavy atom. The van der Waals surface area contributed by atoms with Crippen molar-refractivity contribution in [3.8, 4) is 0 Å². The molecule has 1 fully saturated rings. The van der Waals surface area contributed by atoms with Crippen LogP contribution in [0.5, 0.6) is 0 Å². The van der Waals surface area contributed by atoms with E-state index in [1.165, 1.54) is 17.0 Å². The molecule has 0 aromatic carbocycles. The average molecular weight is 686 g/mol. The molecule has 5 rings (SSSR count).